The van der Waals surface area contributed by atoms with Gasteiger partial charge in [-0.1, -0.05) is 36.3 Å². The Morgan fingerprint density at radius 2 is 2.40 bits per heavy atom. The van der Waals surface area contributed by atoms with Gasteiger partial charge in [0.05, 0.1) is 0 Å². The minimum Gasteiger partial charge on any atom is -0.0791 e. The Kier molecular flexibility index (Phi) is 1.63. The van der Waals surface area contributed by atoms with Crippen molar-refractivity contribution in [3.8, 4) is 0 Å². The average molecular weight is 213 g/mol. The molecule has 0 radical (unpaired) electrons. The highest BCUT2D eigenvalue weighted by Gasteiger charge is 2.06. The number of allylic oxidation sites excluding steroid dienone is 1. The highest BCUT2D eigenvalue weighted by molar-refractivity contribution is 9.10. The first-order valence-electron chi connectivity index (χ1n) is 3.18. The summed E-state index contributed by atoms with van der Waals surface area (Å²) in [7, 11) is 1.37. The smallest absolute Gasteiger partial charge is 0.0257 e. The summed E-state index contributed by atoms with van der Waals surface area (Å²) in [5.41, 5.74) is 1.39. The van der Waals surface area contributed by atoms with E-state index >= 15 is 0 Å². The van der Waals surface area contributed by atoms with Gasteiger partial charge in [-0.25, -0.2) is 0 Å². The molecular weight excluding hydrogens is 207 g/mol. The van der Waals surface area contributed by atoms with Crippen molar-refractivity contribution in [3.05, 3.63) is 33.3 Å². The van der Waals surface area contributed by atoms with Gasteiger partial charge in [0.25, 0.3) is 0 Å². The van der Waals surface area contributed by atoms with Gasteiger partial charge in [-0.15, -0.1) is 0 Å². The van der Waals surface area contributed by atoms with E-state index in [0.29, 0.717) is 0 Å². The third-order valence-corrected chi connectivity index (χ3v) is 3.34. The Labute approximate surface area is 70.2 Å². The molecule has 0 saturated heterocycles. The molecule has 0 atom stereocenters. The summed E-state index contributed by atoms with van der Waals surface area (Å²) >= 11 is 3.51. The normalized spacial score (nSPS) is 14.5. The van der Waals surface area contributed by atoms with Gasteiger partial charge in [-0.05, 0) is 29.1 Å². The summed E-state index contributed by atoms with van der Waals surface area (Å²) in [6.45, 7) is 0. The molecule has 2 heteroatoms. The molecule has 0 nitrogen and oxygen atoms in total. The van der Waals surface area contributed by atoms with E-state index in [1.807, 2.05) is 0 Å². The van der Waals surface area contributed by atoms with Gasteiger partial charge < -0.3 is 0 Å². The van der Waals surface area contributed by atoms with Crippen LogP contribution in [0.5, 0.6) is 0 Å². The molecular formula is C8H6BrP. The van der Waals surface area contributed by atoms with Crippen LogP contribution in [-0.2, 0) is 6.42 Å². The van der Waals surface area contributed by atoms with E-state index in [-0.39, 0.29) is 0 Å². The van der Waals surface area contributed by atoms with Crippen LogP contribution in [0.3, 0.4) is 0 Å². The number of hydrogen-bond donors (Lipinski definition) is 0. The maximum Gasteiger partial charge on any atom is 0.0257 e. The van der Waals surface area contributed by atoms with E-state index in [2.05, 4.69) is 39.9 Å². The van der Waals surface area contributed by atoms with Crippen LogP contribution < -0.4 is 0 Å². The van der Waals surface area contributed by atoms with E-state index in [1.165, 1.54) is 23.5 Å². The first-order valence-corrected chi connectivity index (χ1v) is 4.93. The molecule has 0 aliphatic heterocycles. The van der Waals surface area contributed by atoms with Crippen molar-refractivity contribution in [3.63, 3.8) is 0 Å². The lowest BCUT2D eigenvalue weighted by Gasteiger charge is -1.97. The topological polar surface area (TPSA) is 0 Å². The zero-order chi connectivity index (χ0) is 6.97. The fraction of sp³-hybridized carbons (Fsp3) is 0.125. The Hall–Kier alpha value is -0.130. The summed E-state index contributed by atoms with van der Waals surface area (Å²) in [4.78, 5) is 0. The molecule has 0 spiro atoms. The largest absolute Gasteiger partial charge is 0.0791 e. The fourth-order valence-electron chi connectivity index (χ4n) is 1.12. The second-order valence-corrected chi connectivity index (χ2v) is 4.21. The lowest BCUT2D eigenvalue weighted by molar-refractivity contribution is 1.38. The molecule has 0 aromatic carbocycles. The van der Waals surface area contributed by atoms with Crippen molar-refractivity contribution in [2.24, 2.45) is 0 Å². The van der Waals surface area contributed by atoms with Crippen molar-refractivity contribution in [1.82, 2.24) is 0 Å². The molecule has 1 aromatic rings. The van der Waals surface area contributed by atoms with Crippen LogP contribution >= 0.6 is 24.1 Å². The van der Waals surface area contributed by atoms with Gasteiger partial charge >= 0.3 is 0 Å². The summed E-state index contributed by atoms with van der Waals surface area (Å²) in [6.07, 6.45) is 5.54. The van der Waals surface area contributed by atoms with Crippen molar-refractivity contribution >= 4 is 30.2 Å². The van der Waals surface area contributed by atoms with Crippen molar-refractivity contribution < 1.29 is 0 Å². The molecule has 0 amide bonds. The minimum atomic E-state index is 1.14. The van der Waals surface area contributed by atoms with Crippen LogP contribution in [-0.4, -0.2) is 0 Å². The van der Waals surface area contributed by atoms with Crippen LogP contribution in [0.15, 0.2) is 22.4 Å². The Bertz CT molecular complexity index is 291. The third kappa shape index (κ3) is 0.941. The molecule has 1 aliphatic carbocycles. The second-order valence-electron chi connectivity index (χ2n) is 2.26. The minimum absolute atomic E-state index is 1.14. The summed E-state index contributed by atoms with van der Waals surface area (Å²) in [5.74, 6) is 2.18. The third-order valence-electron chi connectivity index (χ3n) is 1.62. The lowest BCUT2D eigenvalue weighted by Crippen LogP contribution is -1.75. The molecule has 1 aromatic heterocycles. The second kappa shape index (κ2) is 2.48. The number of halogens is 1. The number of rotatable bonds is 0. The SMILES string of the molecule is Brc1ccpc2c1C=CC2. The van der Waals surface area contributed by atoms with Gasteiger partial charge in [0.15, 0.2) is 0 Å². The maximum atomic E-state index is 3.51. The first kappa shape index (κ1) is 6.57. The molecule has 2 rings (SSSR count). The van der Waals surface area contributed by atoms with E-state index in [9.17, 15) is 0 Å². The molecule has 0 unspecified atom stereocenters. The molecule has 0 bridgehead atoms. The molecule has 0 fully saturated rings. The molecule has 10 heavy (non-hydrogen) atoms. The molecule has 50 valence electrons. The van der Waals surface area contributed by atoms with Gasteiger partial charge in [-0.2, -0.15) is 0 Å². The van der Waals surface area contributed by atoms with E-state index in [0.717, 1.165) is 6.42 Å². The van der Waals surface area contributed by atoms with Crippen LogP contribution in [0, 0.1) is 0 Å². The highest BCUT2D eigenvalue weighted by Crippen LogP contribution is 2.32. The predicted molar refractivity (Wildman–Crippen MR) is 49.4 cm³/mol. The van der Waals surface area contributed by atoms with Crippen LogP contribution in [0.25, 0.3) is 6.08 Å². The zero-order valence-electron chi connectivity index (χ0n) is 5.34. The lowest BCUT2D eigenvalue weighted by atomic mass is 10.3. The quantitative estimate of drug-likeness (QED) is 0.617. The highest BCUT2D eigenvalue weighted by atomic mass is 79.9. The first-order chi connectivity index (χ1) is 4.88. The molecule has 1 heterocycles. The summed E-state index contributed by atoms with van der Waals surface area (Å²) < 4.78 is 1.23. The van der Waals surface area contributed by atoms with Crippen LogP contribution in [0.1, 0.15) is 10.9 Å². The predicted octanol–water partition coefficient (Wildman–Crippen LogP) is 3.60. The Morgan fingerprint density at radius 1 is 1.50 bits per heavy atom. The number of fused-ring (bicyclic) bond motifs is 1. The summed E-state index contributed by atoms with van der Waals surface area (Å²) in [6, 6.07) is 2.12. The molecule has 1 aliphatic rings. The van der Waals surface area contributed by atoms with Crippen molar-refractivity contribution in [2.75, 3.05) is 0 Å². The van der Waals surface area contributed by atoms with Crippen LogP contribution in [0.4, 0.5) is 0 Å². The van der Waals surface area contributed by atoms with E-state index in [4.69, 9.17) is 0 Å². The average Bonchev–Trinajstić information content (AvgIpc) is 2.36. The zero-order valence-corrected chi connectivity index (χ0v) is 7.82. The Morgan fingerprint density at radius 3 is 3.20 bits per heavy atom. The monoisotopic (exact) mass is 212 g/mol. The Balaban J connectivity index is 2.67. The van der Waals surface area contributed by atoms with Crippen molar-refractivity contribution in [1.29, 1.82) is 0 Å². The summed E-state index contributed by atoms with van der Waals surface area (Å²) in [5, 5.41) is 1.52. The maximum absolute atomic E-state index is 3.51. The van der Waals surface area contributed by atoms with Gasteiger partial charge in [0.1, 0.15) is 0 Å². The van der Waals surface area contributed by atoms with Crippen LogP contribution in [0.2, 0.25) is 0 Å². The van der Waals surface area contributed by atoms with Gasteiger partial charge in [0.2, 0.25) is 0 Å². The standard InChI is InChI=1S/C8H6BrP/c9-7-4-5-10-8-3-1-2-6(7)8/h1-2,4-5H,3H2. The molecule has 0 saturated carbocycles. The van der Waals surface area contributed by atoms with Gasteiger partial charge in [0, 0.05) is 4.47 Å². The number of hydrogen-bond acceptors (Lipinski definition) is 0. The van der Waals surface area contributed by atoms with E-state index < -0.39 is 0 Å². The van der Waals surface area contributed by atoms with Gasteiger partial charge in [-0.3, -0.25) is 0 Å². The molecule has 0 N–H and O–H groups in total. The van der Waals surface area contributed by atoms with E-state index in [1.54, 1.807) is 0 Å². The fourth-order valence-corrected chi connectivity index (χ4v) is 2.93. The van der Waals surface area contributed by atoms with Crippen molar-refractivity contribution in [2.45, 2.75) is 6.42 Å².